The third-order valence-electron chi connectivity index (χ3n) is 7.87. The van der Waals surface area contributed by atoms with Gasteiger partial charge in [0.15, 0.2) is 0 Å². The smallest absolute Gasteiger partial charge is 0.292 e. The molecule has 0 saturated carbocycles. The lowest BCUT2D eigenvalue weighted by molar-refractivity contribution is -0.135. The molecule has 0 bridgehead atoms. The van der Waals surface area contributed by atoms with Gasteiger partial charge in [-0.2, -0.15) is 5.10 Å². The molecule has 0 radical (unpaired) electrons. The van der Waals surface area contributed by atoms with Crippen molar-refractivity contribution in [2.45, 2.75) is 90.5 Å². The molecule has 0 aliphatic carbocycles. The van der Waals surface area contributed by atoms with Crippen LogP contribution in [0.5, 0.6) is 0 Å². The van der Waals surface area contributed by atoms with Crippen molar-refractivity contribution in [2.75, 3.05) is 0 Å². The number of aromatic amines is 1. The van der Waals surface area contributed by atoms with E-state index in [0.29, 0.717) is 28.7 Å². The zero-order valence-corrected chi connectivity index (χ0v) is 24.7. The van der Waals surface area contributed by atoms with E-state index in [1.54, 1.807) is 32.2 Å². The van der Waals surface area contributed by atoms with Crippen molar-refractivity contribution in [3.8, 4) is 5.69 Å². The number of hydrogen-bond acceptors (Lipinski definition) is 4. The zero-order chi connectivity index (χ0) is 28.0. The number of aryl methyl sites for hydroxylation is 1. The lowest BCUT2D eigenvalue weighted by Gasteiger charge is -2.41. The number of nitrogens with zero attached hydrogens (tertiary/aromatic N) is 2. The Morgan fingerprint density at radius 2 is 1.68 bits per heavy atom. The van der Waals surface area contributed by atoms with Crippen LogP contribution in [-0.4, -0.2) is 34.2 Å². The maximum atomic E-state index is 13.8. The Kier molecular flexibility index (Phi) is 7.60. The molecule has 6 nitrogen and oxygen atoms in total. The number of fused-ring (bicyclic) bond motifs is 2. The van der Waals surface area contributed by atoms with E-state index in [1.807, 2.05) is 16.7 Å². The second-order valence-electron chi connectivity index (χ2n) is 11.8. The Morgan fingerprint density at radius 1 is 1.08 bits per heavy atom. The van der Waals surface area contributed by atoms with Crippen molar-refractivity contribution in [3.63, 3.8) is 0 Å². The molecule has 2 heterocycles. The first-order valence-corrected chi connectivity index (χ1v) is 15.6. The SMILES string of the molecule is CC(C)[Si](OC(=O)CCc1c(C(C)(C)O)n(-c2ccc(F)cc2)c2cc3cn[nH]c3cc12)(C(C)C)C(C)C. The first-order valence-electron chi connectivity index (χ1n) is 13.5. The zero-order valence-electron chi connectivity index (χ0n) is 23.7. The Hall–Kier alpha value is -2.97. The molecular weight excluding hydrogens is 497 g/mol. The third-order valence-corrected chi connectivity index (χ3v) is 13.9. The Balaban J connectivity index is 1.84. The number of rotatable bonds is 9. The number of nitrogens with one attached hydrogen (secondary N) is 1. The third kappa shape index (κ3) is 4.91. The van der Waals surface area contributed by atoms with Crippen LogP contribution >= 0.6 is 0 Å². The average molecular weight is 538 g/mol. The number of carbonyl (C=O) groups excluding carboxylic acids is 1. The molecule has 0 aliphatic rings. The van der Waals surface area contributed by atoms with Crippen LogP contribution in [0.1, 0.15) is 73.1 Å². The van der Waals surface area contributed by atoms with Gasteiger partial charge in [0.05, 0.1) is 28.5 Å². The fourth-order valence-corrected chi connectivity index (χ4v) is 11.6. The van der Waals surface area contributed by atoms with Crippen LogP contribution in [0.4, 0.5) is 4.39 Å². The molecule has 2 N–H and O–H groups in total. The number of hydrogen-bond donors (Lipinski definition) is 2. The minimum Gasteiger partial charge on any atom is -0.518 e. The summed E-state index contributed by atoms with van der Waals surface area (Å²) >= 11 is 0. The summed E-state index contributed by atoms with van der Waals surface area (Å²) in [6.45, 7) is 16.5. The molecule has 8 heteroatoms. The van der Waals surface area contributed by atoms with E-state index in [2.05, 4.69) is 51.7 Å². The molecular formula is C30H40FN3O3Si. The fourth-order valence-electron chi connectivity index (χ4n) is 6.37. The minimum absolute atomic E-state index is 0.195. The molecule has 38 heavy (non-hydrogen) atoms. The van der Waals surface area contributed by atoms with Crippen molar-refractivity contribution in [1.29, 1.82) is 0 Å². The number of benzene rings is 2. The minimum atomic E-state index is -2.37. The van der Waals surface area contributed by atoms with Gasteiger partial charge in [-0.15, -0.1) is 0 Å². The number of aliphatic hydroxyl groups is 1. The Bertz CT molecular complexity index is 1420. The highest BCUT2D eigenvalue weighted by Crippen LogP contribution is 2.43. The van der Waals surface area contributed by atoms with Crippen LogP contribution in [0.25, 0.3) is 27.5 Å². The molecule has 0 atom stereocenters. The first-order chi connectivity index (χ1) is 17.8. The summed E-state index contributed by atoms with van der Waals surface area (Å²) in [5.74, 6) is -0.525. The number of H-pyrrole nitrogens is 1. The first kappa shape index (κ1) is 28.0. The Morgan fingerprint density at radius 3 is 2.24 bits per heavy atom. The van der Waals surface area contributed by atoms with Gasteiger partial charge in [-0.25, -0.2) is 4.39 Å². The lowest BCUT2D eigenvalue weighted by Crippen LogP contribution is -2.49. The van der Waals surface area contributed by atoms with E-state index in [-0.39, 0.29) is 18.2 Å². The predicted molar refractivity (Wildman–Crippen MR) is 154 cm³/mol. The van der Waals surface area contributed by atoms with Crippen molar-refractivity contribution in [1.82, 2.24) is 14.8 Å². The fraction of sp³-hybridized carbons (Fsp3) is 0.467. The molecule has 0 aliphatic heterocycles. The largest absolute Gasteiger partial charge is 0.518 e. The molecule has 4 rings (SSSR count). The van der Waals surface area contributed by atoms with Crippen molar-refractivity contribution in [3.05, 3.63) is 59.7 Å². The molecule has 0 unspecified atom stereocenters. The van der Waals surface area contributed by atoms with Crippen LogP contribution in [0.15, 0.2) is 42.6 Å². The molecule has 0 spiro atoms. The highest BCUT2D eigenvalue weighted by atomic mass is 28.4. The quantitative estimate of drug-likeness (QED) is 0.216. The summed E-state index contributed by atoms with van der Waals surface area (Å²) in [5, 5.41) is 20.4. The molecule has 2 aromatic heterocycles. The molecule has 0 fully saturated rings. The topological polar surface area (TPSA) is 80.1 Å². The normalized spacial score (nSPS) is 13.0. The summed E-state index contributed by atoms with van der Waals surface area (Å²) in [5.41, 5.74) is 3.67. The summed E-state index contributed by atoms with van der Waals surface area (Å²) in [6, 6.07) is 10.3. The molecule has 4 aromatic rings. The van der Waals surface area contributed by atoms with Crippen molar-refractivity contribution < 1.29 is 18.7 Å². The van der Waals surface area contributed by atoms with Gasteiger partial charge in [0.25, 0.3) is 14.3 Å². The lowest BCUT2D eigenvalue weighted by atomic mass is 9.96. The molecule has 2 aromatic carbocycles. The van der Waals surface area contributed by atoms with Gasteiger partial charge in [0.2, 0.25) is 0 Å². The highest BCUT2D eigenvalue weighted by Gasteiger charge is 2.48. The van der Waals surface area contributed by atoms with Gasteiger partial charge in [-0.3, -0.25) is 9.89 Å². The molecule has 204 valence electrons. The van der Waals surface area contributed by atoms with E-state index >= 15 is 0 Å². The van der Waals surface area contributed by atoms with Gasteiger partial charge in [-0.1, -0.05) is 41.5 Å². The van der Waals surface area contributed by atoms with E-state index in [0.717, 1.165) is 33.1 Å². The van der Waals surface area contributed by atoms with Gasteiger partial charge in [0, 0.05) is 22.9 Å². The summed E-state index contributed by atoms with van der Waals surface area (Å²) < 4.78 is 22.2. The van der Waals surface area contributed by atoms with Crippen LogP contribution < -0.4 is 0 Å². The summed E-state index contributed by atoms with van der Waals surface area (Å²) in [6.07, 6.45) is 2.36. The van der Waals surface area contributed by atoms with Gasteiger partial charge in [-0.05, 0) is 78.9 Å². The van der Waals surface area contributed by atoms with E-state index < -0.39 is 13.9 Å². The van der Waals surface area contributed by atoms with Crippen LogP contribution in [0.2, 0.25) is 16.6 Å². The van der Waals surface area contributed by atoms with Crippen LogP contribution in [0, 0.1) is 5.82 Å². The summed E-state index contributed by atoms with van der Waals surface area (Å²) in [4.78, 5) is 13.4. The number of aromatic nitrogens is 3. The molecule has 0 amide bonds. The molecule has 0 saturated heterocycles. The van der Waals surface area contributed by atoms with Gasteiger partial charge in [0.1, 0.15) is 5.82 Å². The summed E-state index contributed by atoms with van der Waals surface area (Å²) in [7, 11) is -2.37. The van der Waals surface area contributed by atoms with Gasteiger partial charge < -0.3 is 14.1 Å². The van der Waals surface area contributed by atoms with E-state index in [1.165, 1.54) is 12.1 Å². The standard InChI is InChI=1S/C30H40FN3O3Si/c1-18(2)38(19(3)4,20(5)6)37-28(35)14-13-24-25-16-26-21(17-32-33-26)15-27(25)34(29(24)30(7,8)36)23-11-9-22(31)10-12-23/h9-12,15-20,36H,13-14H2,1-8H3,(H,32,33). The average Bonchev–Trinajstić information content (AvgIpc) is 3.41. The van der Waals surface area contributed by atoms with E-state index in [9.17, 15) is 14.3 Å². The van der Waals surface area contributed by atoms with Crippen LogP contribution in [0.3, 0.4) is 0 Å². The highest BCUT2D eigenvalue weighted by molar-refractivity contribution is 6.78. The predicted octanol–water partition coefficient (Wildman–Crippen LogP) is 7.52. The van der Waals surface area contributed by atoms with E-state index in [4.69, 9.17) is 4.43 Å². The maximum Gasteiger partial charge on any atom is 0.292 e. The van der Waals surface area contributed by atoms with Crippen LogP contribution in [-0.2, 0) is 21.2 Å². The van der Waals surface area contributed by atoms with Gasteiger partial charge >= 0.3 is 0 Å². The second kappa shape index (κ2) is 10.3. The van der Waals surface area contributed by atoms with Crippen molar-refractivity contribution in [2.24, 2.45) is 0 Å². The Labute approximate surface area is 225 Å². The monoisotopic (exact) mass is 537 g/mol. The number of halogens is 1. The van der Waals surface area contributed by atoms with Crippen molar-refractivity contribution >= 4 is 36.1 Å². The second-order valence-corrected chi connectivity index (χ2v) is 17.2. The maximum absolute atomic E-state index is 13.8. The number of carbonyl (C=O) groups is 1.